The monoisotopic (exact) mass is 301 g/mol. The third-order valence-electron chi connectivity index (χ3n) is 3.29. The van der Waals surface area contributed by atoms with Gasteiger partial charge in [0.05, 0.1) is 17.2 Å². The molecule has 0 saturated carbocycles. The molecule has 4 heteroatoms. The standard InChI is InChI=1S/C13H17BrFNO/c1-8-4-10(7-17-8)13(16)6-9-2-3-12(15)11(14)5-9/h2-3,5,8,10,13H,4,6-7,16H2,1H3. The van der Waals surface area contributed by atoms with Gasteiger partial charge in [0.2, 0.25) is 0 Å². The summed E-state index contributed by atoms with van der Waals surface area (Å²) in [7, 11) is 0. The number of benzene rings is 1. The van der Waals surface area contributed by atoms with E-state index in [1.54, 1.807) is 12.1 Å². The first kappa shape index (κ1) is 13.0. The molecule has 1 aliphatic heterocycles. The van der Waals surface area contributed by atoms with Gasteiger partial charge in [0, 0.05) is 12.0 Å². The minimum atomic E-state index is -0.236. The molecule has 0 spiro atoms. The highest BCUT2D eigenvalue weighted by atomic mass is 79.9. The number of hydrogen-bond donors (Lipinski definition) is 1. The molecule has 0 radical (unpaired) electrons. The maximum Gasteiger partial charge on any atom is 0.137 e. The summed E-state index contributed by atoms with van der Waals surface area (Å²) in [5.41, 5.74) is 7.23. The van der Waals surface area contributed by atoms with Crippen LogP contribution in [0.5, 0.6) is 0 Å². The number of rotatable bonds is 3. The third-order valence-corrected chi connectivity index (χ3v) is 3.90. The maximum absolute atomic E-state index is 13.1. The Labute approximate surface area is 109 Å². The molecule has 3 atom stereocenters. The zero-order valence-electron chi connectivity index (χ0n) is 9.83. The zero-order valence-corrected chi connectivity index (χ0v) is 11.4. The normalized spacial score (nSPS) is 26.1. The Kier molecular flexibility index (Phi) is 4.17. The molecule has 0 bridgehead atoms. The fourth-order valence-electron chi connectivity index (χ4n) is 2.25. The second-order valence-corrected chi connectivity index (χ2v) is 5.61. The predicted octanol–water partition coefficient (Wildman–Crippen LogP) is 2.88. The molecule has 2 rings (SSSR count). The van der Waals surface area contributed by atoms with Crippen LogP contribution in [0.4, 0.5) is 4.39 Å². The lowest BCUT2D eigenvalue weighted by Gasteiger charge is -2.17. The van der Waals surface area contributed by atoms with Gasteiger partial charge in [-0.15, -0.1) is 0 Å². The van der Waals surface area contributed by atoms with Crippen molar-refractivity contribution in [2.45, 2.75) is 31.9 Å². The van der Waals surface area contributed by atoms with E-state index in [4.69, 9.17) is 10.5 Å². The van der Waals surface area contributed by atoms with E-state index in [0.29, 0.717) is 16.5 Å². The van der Waals surface area contributed by atoms with Crippen LogP contribution in [0.1, 0.15) is 18.9 Å². The summed E-state index contributed by atoms with van der Waals surface area (Å²) >= 11 is 3.19. The van der Waals surface area contributed by atoms with Gasteiger partial charge in [-0.25, -0.2) is 4.39 Å². The van der Waals surface area contributed by atoms with Gasteiger partial charge in [-0.1, -0.05) is 6.07 Å². The molecular weight excluding hydrogens is 285 g/mol. The van der Waals surface area contributed by atoms with Crippen LogP contribution < -0.4 is 5.73 Å². The molecule has 0 aliphatic carbocycles. The van der Waals surface area contributed by atoms with E-state index in [1.807, 2.05) is 0 Å². The largest absolute Gasteiger partial charge is 0.378 e. The fourth-order valence-corrected chi connectivity index (χ4v) is 2.68. The average Bonchev–Trinajstić information content (AvgIpc) is 2.70. The minimum Gasteiger partial charge on any atom is -0.378 e. The van der Waals surface area contributed by atoms with Gasteiger partial charge in [-0.2, -0.15) is 0 Å². The summed E-state index contributed by atoms with van der Waals surface area (Å²) in [6.07, 6.45) is 2.09. The van der Waals surface area contributed by atoms with Crippen LogP contribution in [0.25, 0.3) is 0 Å². The molecule has 1 heterocycles. The molecule has 94 valence electrons. The van der Waals surface area contributed by atoms with Crippen molar-refractivity contribution in [3.63, 3.8) is 0 Å². The zero-order chi connectivity index (χ0) is 12.4. The molecule has 1 fully saturated rings. The topological polar surface area (TPSA) is 35.2 Å². The molecule has 2 nitrogen and oxygen atoms in total. The van der Waals surface area contributed by atoms with Crippen molar-refractivity contribution in [1.29, 1.82) is 0 Å². The second-order valence-electron chi connectivity index (χ2n) is 4.76. The van der Waals surface area contributed by atoms with E-state index >= 15 is 0 Å². The van der Waals surface area contributed by atoms with Crippen molar-refractivity contribution in [3.8, 4) is 0 Å². The fraction of sp³-hybridized carbons (Fsp3) is 0.538. The molecule has 1 aromatic carbocycles. The highest BCUT2D eigenvalue weighted by Gasteiger charge is 2.27. The van der Waals surface area contributed by atoms with Crippen LogP contribution in [0.2, 0.25) is 0 Å². The minimum absolute atomic E-state index is 0.0808. The summed E-state index contributed by atoms with van der Waals surface area (Å²) in [6.45, 7) is 2.81. The Morgan fingerprint density at radius 2 is 2.35 bits per heavy atom. The predicted molar refractivity (Wildman–Crippen MR) is 69.3 cm³/mol. The van der Waals surface area contributed by atoms with E-state index < -0.39 is 0 Å². The van der Waals surface area contributed by atoms with Crippen molar-refractivity contribution in [1.82, 2.24) is 0 Å². The first-order valence-electron chi connectivity index (χ1n) is 5.87. The summed E-state index contributed by atoms with van der Waals surface area (Å²) in [5, 5.41) is 0. The first-order chi connectivity index (χ1) is 8.06. The van der Waals surface area contributed by atoms with Crippen molar-refractivity contribution in [2.24, 2.45) is 11.7 Å². The Bertz CT molecular complexity index is 399. The smallest absolute Gasteiger partial charge is 0.137 e. The lowest BCUT2D eigenvalue weighted by atomic mass is 9.92. The van der Waals surface area contributed by atoms with Crippen LogP contribution in [-0.4, -0.2) is 18.8 Å². The Morgan fingerprint density at radius 3 is 2.94 bits per heavy atom. The molecular formula is C13H17BrFNO. The number of hydrogen-bond acceptors (Lipinski definition) is 2. The van der Waals surface area contributed by atoms with Crippen LogP contribution in [0.3, 0.4) is 0 Å². The van der Waals surface area contributed by atoms with Crippen molar-refractivity contribution >= 4 is 15.9 Å². The summed E-state index contributed by atoms with van der Waals surface area (Å²) in [6, 6.07) is 5.14. The number of ether oxygens (including phenoxy) is 1. The quantitative estimate of drug-likeness (QED) is 0.932. The van der Waals surface area contributed by atoms with E-state index in [1.165, 1.54) is 6.07 Å². The van der Waals surface area contributed by atoms with Crippen molar-refractivity contribution in [2.75, 3.05) is 6.61 Å². The molecule has 1 aromatic rings. The summed E-state index contributed by atoms with van der Waals surface area (Å²) in [5.74, 6) is 0.175. The van der Waals surface area contributed by atoms with E-state index in [2.05, 4.69) is 22.9 Å². The molecule has 3 unspecified atom stereocenters. The first-order valence-corrected chi connectivity index (χ1v) is 6.66. The lowest BCUT2D eigenvalue weighted by molar-refractivity contribution is 0.118. The Hall–Kier alpha value is -0.450. The van der Waals surface area contributed by atoms with Gasteiger partial charge in [0.15, 0.2) is 0 Å². The number of halogens is 2. The van der Waals surface area contributed by atoms with Crippen LogP contribution in [0.15, 0.2) is 22.7 Å². The van der Waals surface area contributed by atoms with Crippen molar-refractivity contribution < 1.29 is 9.13 Å². The van der Waals surface area contributed by atoms with Gasteiger partial charge >= 0.3 is 0 Å². The van der Waals surface area contributed by atoms with Crippen LogP contribution in [-0.2, 0) is 11.2 Å². The second kappa shape index (κ2) is 5.46. The molecule has 2 N–H and O–H groups in total. The van der Waals surface area contributed by atoms with Gasteiger partial charge in [0.1, 0.15) is 5.82 Å². The van der Waals surface area contributed by atoms with Crippen LogP contribution in [0, 0.1) is 11.7 Å². The summed E-state index contributed by atoms with van der Waals surface area (Å²) < 4.78 is 19.1. The van der Waals surface area contributed by atoms with Crippen molar-refractivity contribution in [3.05, 3.63) is 34.1 Å². The van der Waals surface area contributed by atoms with Gasteiger partial charge in [0.25, 0.3) is 0 Å². The molecule has 0 aromatic heterocycles. The average molecular weight is 302 g/mol. The Balaban J connectivity index is 1.98. The van der Waals surface area contributed by atoms with E-state index in [9.17, 15) is 4.39 Å². The molecule has 1 aliphatic rings. The van der Waals surface area contributed by atoms with Crippen LogP contribution >= 0.6 is 15.9 Å². The van der Waals surface area contributed by atoms with Gasteiger partial charge in [-0.3, -0.25) is 0 Å². The maximum atomic E-state index is 13.1. The molecule has 17 heavy (non-hydrogen) atoms. The Morgan fingerprint density at radius 1 is 1.59 bits per heavy atom. The highest BCUT2D eigenvalue weighted by molar-refractivity contribution is 9.10. The lowest BCUT2D eigenvalue weighted by Crippen LogP contribution is -2.32. The van der Waals surface area contributed by atoms with Gasteiger partial charge in [-0.05, 0) is 53.4 Å². The van der Waals surface area contributed by atoms with E-state index in [-0.39, 0.29) is 11.9 Å². The highest BCUT2D eigenvalue weighted by Crippen LogP contribution is 2.24. The van der Waals surface area contributed by atoms with E-state index in [0.717, 1.165) is 25.0 Å². The summed E-state index contributed by atoms with van der Waals surface area (Å²) in [4.78, 5) is 0. The van der Waals surface area contributed by atoms with Gasteiger partial charge < -0.3 is 10.5 Å². The molecule has 1 saturated heterocycles. The SMILES string of the molecule is CC1CC(C(N)Cc2ccc(F)c(Br)c2)CO1. The third kappa shape index (κ3) is 3.27. The molecule has 0 amide bonds. The number of nitrogens with two attached hydrogens (primary N) is 1.